The van der Waals surface area contributed by atoms with E-state index >= 15 is 0 Å². The highest BCUT2D eigenvalue weighted by atomic mass is 16.6. The van der Waals surface area contributed by atoms with Gasteiger partial charge in [0.2, 0.25) is 0 Å². The molecule has 138 valence electrons. The van der Waals surface area contributed by atoms with E-state index in [0.29, 0.717) is 23.5 Å². The Kier molecular flexibility index (Phi) is 5.87. The van der Waals surface area contributed by atoms with Crippen molar-refractivity contribution >= 4 is 17.5 Å². The fourth-order valence-corrected chi connectivity index (χ4v) is 2.52. The van der Waals surface area contributed by atoms with Crippen LogP contribution in [0.25, 0.3) is 11.1 Å². The van der Waals surface area contributed by atoms with Gasteiger partial charge in [0, 0.05) is 23.1 Å². The number of nitrogens with one attached hydrogen (secondary N) is 1. The Bertz CT molecular complexity index is 797. The predicted octanol–water partition coefficient (Wildman–Crippen LogP) is 4.05. The van der Waals surface area contributed by atoms with Crippen molar-refractivity contribution in [3.63, 3.8) is 0 Å². The van der Waals surface area contributed by atoms with E-state index < -0.39 is 11.7 Å². The lowest BCUT2D eigenvalue weighted by Crippen LogP contribution is -2.35. The maximum atomic E-state index is 12.1. The molecule has 0 fully saturated rings. The summed E-state index contributed by atoms with van der Waals surface area (Å²) in [5.74, 6) is 0. The Morgan fingerprint density at radius 2 is 2.04 bits per heavy atom. The molecule has 2 aromatic rings. The molecule has 1 aromatic heterocycles. The third kappa shape index (κ3) is 5.24. The van der Waals surface area contributed by atoms with Crippen molar-refractivity contribution in [3.05, 3.63) is 54.9 Å². The fraction of sp³-hybridized carbons (Fsp3) is 0.300. The number of alkyl carbamates (subject to hydrolysis) is 1. The number of benzene rings is 1. The molecule has 5 N–H and O–H groups in total. The van der Waals surface area contributed by atoms with Gasteiger partial charge in [0.25, 0.3) is 0 Å². The Morgan fingerprint density at radius 3 is 2.65 bits per heavy atom. The first-order valence-corrected chi connectivity index (χ1v) is 8.41. The van der Waals surface area contributed by atoms with Crippen LogP contribution in [0.15, 0.2) is 49.2 Å². The van der Waals surface area contributed by atoms with Crippen LogP contribution in [-0.2, 0) is 4.74 Å². The van der Waals surface area contributed by atoms with Crippen LogP contribution in [0.4, 0.5) is 16.2 Å². The van der Waals surface area contributed by atoms with Crippen molar-refractivity contribution in [2.45, 2.75) is 38.8 Å². The fourth-order valence-electron chi connectivity index (χ4n) is 2.52. The molecular weight excluding hydrogens is 328 g/mol. The summed E-state index contributed by atoms with van der Waals surface area (Å²) in [5.41, 5.74) is 14.9. The van der Waals surface area contributed by atoms with Gasteiger partial charge in [-0.25, -0.2) is 4.79 Å². The van der Waals surface area contributed by atoms with Crippen LogP contribution in [-0.4, -0.2) is 16.7 Å². The van der Waals surface area contributed by atoms with Crippen molar-refractivity contribution in [1.82, 2.24) is 10.3 Å². The molecule has 0 aliphatic rings. The summed E-state index contributed by atoms with van der Waals surface area (Å²) in [4.78, 5) is 16.5. The number of anilines is 2. The molecule has 1 aromatic carbocycles. The molecule has 0 saturated heterocycles. The van der Waals surface area contributed by atoms with Crippen molar-refractivity contribution in [2.24, 2.45) is 0 Å². The first-order valence-electron chi connectivity index (χ1n) is 8.41. The highest BCUT2D eigenvalue weighted by Crippen LogP contribution is 2.29. The van der Waals surface area contributed by atoms with Gasteiger partial charge in [-0.05, 0) is 57.0 Å². The van der Waals surface area contributed by atoms with Gasteiger partial charge in [0.15, 0.2) is 0 Å². The number of pyridine rings is 1. The molecule has 2 rings (SSSR count). The van der Waals surface area contributed by atoms with Gasteiger partial charge in [-0.3, -0.25) is 4.98 Å². The molecular formula is C20H26N4O2. The minimum atomic E-state index is -0.573. The topological polar surface area (TPSA) is 103 Å². The molecule has 1 atom stereocenters. The highest BCUT2D eigenvalue weighted by molar-refractivity contribution is 5.79. The van der Waals surface area contributed by atoms with Gasteiger partial charge in [0.1, 0.15) is 5.60 Å². The maximum absolute atomic E-state index is 12.1. The summed E-state index contributed by atoms with van der Waals surface area (Å²) in [6.07, 6.45) is 3.44. The van der Waals surface area contributed by atoms with Crippen molar-refractivity contribution in [3.8, 4) is 11.1 Å². The minimum absolute atomic E-state index is 0.350. The Balaban J connectivity index is 2.29. The molecule has 0 spiro atoms. The molecule has 0 radical (unpaired) electrons. The molecule has 0 aliphatic heterocycles. The lowest BCUT2D eigenvalue weighted by atomic mass is 10.0. The zero-order chi connectivity index (χ0) is 19.3. The van der Waals surface area contributed by atoms with Crippen LogP contribution in [0.2, 0.25) is 0 Å². The van der Waals surface area contributed by atoms with Crippen molar-refractivity contribution in [1.29, 1.82) is 0 Å². The average Bonchev–Trinajstić information content (AvgIpc) is 2.53. The van der Waals surface area contributed by atoms with Gasteiger partial charge in [0.05, 0.1) is 11.7 Å². The summed E-state index contributed by atoms with van der Waals surface area (Å²) in [6.45, 7) is 9.21. The summed E-state index contributed by atoms with van der Waals surface area (Å²) in [7, 11) is 0. The van der Waals surface area contributed by atoms with E-state index in [-0.39, 0.29) is 6.04 Å². The number of amides is 1. The van der Waals surface area contributed by atoms with Crippen LogP contribution in [0.1, 0.15) is 38.9 Å². The SMILES string of the molecule is C=CC[C@H](NC(=O)OC(C)(C)C)c1cc(-c2ccc(N)cc2N)ccn1. The van der Waals surface area contributed by atoms with E-state index in [4.69, 9.17) is 16.2 Å². The Hall–Kier alpha value is -3.02. The number of nitrogens with two attached hydrogens (primary N) is 2. The molecule has 0 bridgehead atoms. The molecule has 0 aliphatic carbocycles. The van der Waals surface area contributed by atoms with E-state index in [2.05, 4.69) is 16.9 Å². The van der Waals surface area contributed by atoms with Crippen LogP contribution in [0, 0.1) is 0 Å². The number of nitrogens with zero attached hydrogens (tertiary/aromatic N) is 1. The largest absolute Gasteiger partial charge is 0.444 e. The molecule has 0 unspecified atom stereocenters. The zero-order valence-corrected chi connectivity index (χ0v) is 15.5. The minimum Gasteiger partial charge on any atom is -0.444 e. The average molecular weight is 354 g/mol. The van der Waals surface area contributed by atoms with Crippen LogP contribution in [0.3, 0.4) is 0 Å². The van der Waals surface area contributed by atoms with E-state index in [1.54, 1.807) is 24.4 Å². The monoisotopic (exact) mass is 354 g/mol. The highest BCUT2D eigenvalue weighted by Gasteiger charge is 2.21. The zero-order valence-electron chi connectivity index (χ0n) is 15.5. The Labute approximate surface area is 154 Å². The van der Waals surface area contributed by atoms with E-state index in [0.717, 1.165) is 11.1 Å². The van der Waals surface area contributed by atoms with E-state index in [9.17, 15) is 4.79 Å². The standard InChI is InChI=1S/C20H26N4O2/c1-5-6-17(24-19(25)26-20(2,3)4)18-11-13(9-10-23-18)15-8-7-14(21)12-16(15)22/h5,7-12,17H,1,6,21-22H2,2-4H3,(H,24,25)/t17-/m0/s1. The quantitative estimate of drug-likeness (QED) is 0.555. The lowest BCUT2D eigenvalue weighted by molar-refractivity contribution is 0.0503. The van der Waals surface area contributed by atoms with Crippen molar-refractivity contribution in [2.75, 3.05) is 11.5 Å². The van der Waals surface area contributed by atoms with Crippen molar-refractivity contribution < 1.29 is 9.53 Å². The van der Waals surface area contributed by atoms with Crippen LogP contribution < -0.4 is 16.8 Å². The summed E-state index contributed by atoms with van der Waals surface area (Å²) < 4.78 is 5.34. The predicted molar refractivity (Wildman–Crippen MR) is 105 cm³/mol. The van der Waals surface area contributed by atoms with Crippen LogP contribution in [0.5, 0.6) is 0 Å². The molecule has 0 saturated carbocycles. The maximum Gasteiger partial charge on any atom is 0.408 e. The second kappa shape index (κ2) is 7.91. The molecule has 1 heterocycles. The van der Waals surface area contributed by atoms with Crippen LogP contribution >= 0.6 is 0 Å². The number of carbonyl (C=O) groups excluding carboxylic acids is 1. The summed E-state index contributed by atoms with van der Waals surface area (Å²) in [5, 5.41) is 2.85. The molecule has 26 heavy (non-hydrogen) atoms. The second-order valence-corrected chi connectivity index (χ2v) is 7.04. The number of hydrogen-bond donors (Lipinski definition) is 3. The van der Waals surface area contributed by atoms with Gasteiger partial charge < -0.3 is 21.5 Å². The number of ether oxygens (including phenoxy) is 1. The number of aromatic nitrogens is 1. The van der Waals surface area contributed by atoms with Gasteiger partial charge in [-0.15, -0.1) is 6.58 Å². The smallest absolute Gasteiger partial charge is 0.408 e. The molecule has 6 nitrogen and oxygen atoms in total. The lowest BCUT2D eigenvalue weighted by Gasteiger charge is -2.23. The number of hydrogen-bond acceptors (Lipinski definition) is 5. The van der Waals surface area contributed by atoms with Gasteiger partial charge in [-0.2, -0.15) is 0 Å². The molecule has 1 amide bonds. The third-order valence-corrected chi connectivity index (χ3v) is 3.62. The summed E-state index contributed by atoms with van der Waals surface area (Å²) in [6, 6.07) is 8.80. The second-order valence-electron chi connectivity index (χ2n) is 7.04. The Morgan fingerprint density at radius 1 is 1.31 bits per heavy atom. The molecule has 6 heteroatoms. The number of nitrogen functional groups attached to an aromatic ring is 2. The van der Waals surface area contributed by atoms with Gasteiger partial charge in [-0.1, -0.05) is 12.1 Å². The first-order chi connectivity index (χ1) is 12.2. The van der Waals surface area contributed by atoms with E-state index in [1.807, 2.05) is 39.0 Å². The number of carbonyl (C=O) groups is 1. The third-order valence-electron chi connectivity index (χ3n) is 3.62. The normalized spacial score (nSPS) is 12.3. The first kappa shape index (κ1) is 19.3. The van der Waals surface area contributed by atoms with E-state index in [1.165, 1.54) is 0 Å². The number of rotatable bonds is 5. The summed E-state index contributed by atoms with van der Waals surface area (Å²) >= 11 is 0. The van der Waals surface area contributed by atoms with Gasteiger partial charge >= 0.3 is 6.09 Å².